The highest BCUT2D eigenvalue weighted by molar-refractivity contribution is 6.30. The van der Waals surface area contributed by atoms with Gasteiger partial charge in [-0.25, -0.2) is 4.79 Å². The molecule has 3 rings (SSSR count). The first-order chi connectivity index (χ1) is 9.22. The molecule has 102 valence electrons. The summed E-state index contributed by atoms with van der Waals surface area (Å²) in [6.07, 6.45) is 1.10. The molecule has 0 aliphatic carbocycles. The van der Waals surface area contributed by atoms with Crippen LogP contribution < -0.4 is 10.6 Å². The van der Waals surface area contributed by atoms with Gasteiger partial charge in [0.05, 0.1) is 0 Å². The summed E-state index contributed by atoms with van der Waals surface area (Å²) in [5.74, 6) is 1.37. The SMILES string of the molecule is O=C(Nc1ccc(Cl)cc1)N1CCC2CNCC2C1. The number of anilines is 1. The van der Waals surface area contributed by atoms with Gasteiger partial charge in [-0.15, -0.1) is 0 Å². The van der Waals surface area contributed by atoms with Gasteiger partial charge in [-0.05, 0) is 55.6 Å². The number of amides is 2. The summed E-state index contributed by atoms with van der Waals surface area (Å²) in [6.45, 7) is 3.85. The first-order valence-electron chi connectivity index (χ1n) is 6.74. The van der Waals surface area contributed by atoms with Gasteiger partial charge in [-0.1, -0.05) is 11.6 Å². The van der Waals surface area contributed by atoms with Crippen molar-refractivity contribution in [2.45, 2.75) is 6.42 Å². The van der Waals surface area contributed by atoms with Crippen LogP contribution in [0.1, 0.15) is 6.42 Å². The van der Waals surface area contributed by atoms with Gasteiger partial charge in [-0.3, -0.25) is 0 Å². The van der Waals surface area contributed by atoms with Crippen molar-refractivity contribution in [1.29, 1.82) is 0 Å². The normalized spacial score (nSPS) is 26.1. The summed E-state index contributed by atoms with van der Waals surface area (Å²) < 4.78 is 0. The predicted octanol–water partition coefficient (Wildman–Crippen LogP) is 2.41. The van der Waals surface area contributed by atoms with Crippen molar-refractivity contribution < 1.29 is 4.79 Å². The largest absolute Gasteiger partial charge is 0.324 e. The van der Waals surface area contributed by atoms with Crippen LogP contribution in [0.3, 0.4) is 0 Å². The maximum absolute atomic E-state index is 12.2. The van der Waals surface area contributed by atoms with E-state index in [0.717, 1.165) is 44.2 Å². The lowest BCUT2D eigenvalue weighted by Crippen LogP contribution is -2.45. The Morgan fingerprint density at radius 1 is 1.26 bits per heavy atom. The number of hydrogen-bond acceptors (Lipinski definition) is 2. The van der Waals surface area contributed by atoms with E-state index >= 15 is 0 Å². The van der Waals surface area contributed by atoms with Gasteiger partial charge in [0.25, 0.3) is 0 Å². The molecule has 2 aliphatic rings. The van der Waals surface area contributed by atoms with Crippen LogP contribution in [0.4, 0.5) is 10.5 Å². The summed E-state index contributed by atoms with van der Waals surface area (Å²) >= 11 is 5.83. The average Bonchev–Trinajstić information content (AvgIpc) is 2.88. The maximum Gasteiger partial charge on any atom is 0.321 e. The van der Waals surface area contributed by atoms with Crippen molar-refractivity contribution in [3.8, 4) is 0 Å². The Hall–Kier alpha value is -1.26. The van der Waals surface area contributed by atoms with Crippen LogP contribution in [0.15, 0.2) is 24.3 Å². The molecule has 0 radical (unpaired) electrons. The topological polar surface area (TPSA) is 44.4 Å². The highest BCUT2D eigenvalue weighted by Crippen LogP contribution is 2.26. The minimum atomic E-state index is -0.00678. The summed E-state index contributed by atoms with van der Waals surface area (Å²) in [5, 5.41) is 7.01. The molecule has 2 amide bonds. The summed E-state index contributed by atoms with van der Waals surface area (Å²) in [6, 6.07) is 7.20. The molecule has 0 bridgehead atoms. The van der Waals surface area contributed by atoms with Gasteiger partial charge in [0.15, 0.2) is 0 Å². The van der Waals surface area contributed by atoms with Gasteiger partial charge < -0.3 is 15.5 Å². The standard InChI is InChI=1S/C14H18ClN3O/c15-12-1-3-13(4-2-12)17-14(19)18-6-5-10-7-16-8-11(10)9-18/h1-4,10-11,16H,5-9H2,(H,17,19). The van der Waals surface area contributed by atoms with E-state index < -0.39 is 0 Å². The fourth-order valence-electron chi connectivity index (χ4n) is 2.96. The van der Waals surface area contributed by atoms with E-state index in [4.69, 9.17) is 11.6 Å². The van der Waals surface area contributed by atoms with E-state index in [1.807, 2.05) is 17.0 Å². The molecule has 2 atom stereocenters. The Morgan fingerprint density at radius 2 is 2.00 bits per heavy atom. The number of benzene rings is 1. The number of fused-ring (bicyclic) bond motifs is 1. The number of piperidine rings is 1. The zero-order chi connectivity index (χ0) is 13.2. The van der Waals surface area contributed by atoms with Crippen LogP contribution in [0, 0.1) is 11.8 Å². The molecule has 2 saturated heterocycles. The molecule has 4 nitrogen and oxygen atoms in total. The van der Waals surface area contributed by atoms with Crippen LogP contribution in [0.2, 0.25) is 5.02 Å². The number of carbonyl (C=O) groups is 1. The molecule has 0 aromatic heterocycles. The third-order valence-electron chi connectivity index (χ3n) is 4.09. The van der Waals surface area contributed by atoms with Crippen LogP contribution in [0.5, 0.6) is 0 Å². The van der Waals surface area contributed by atoms with Crippen molar-refractivity contribution in [3.63, 3.8) is 0 Å². The smallest absolute Gasteiger partial charge is 0.321 e. The first kappa shape index (κ1) is 12.8. The lowest BCUT2D eigenvalue weighted by atomic mass is 9.89. The predicted molar refractivity (Wildman–Crippen MR) is 76.5 cm³/mol. The van der Waals surface area contributed by atoms with Gasteiger partial charge in [0.1, 0.15) is 0 Å². The molecule has 19 heavy (non-hydrogen) atoms. The third-order valence-corrected chi connectivity index (χ3v) is 4.34. The molecule has 1 aromatic carbocycles. The molecule has 2 unspecified atom stereocenters. The fraction of sp³-hybridized carbons (Fsp3) is 0.500. The van der Waals surface area contributed by atoms with Crippen molar-refractivity contribution in [3.05, 3.63) is 29.3 Å². The number of urea groups is 1. The van der Waals surface area contributed by atoms with Gasteiger partial charge in [0, 0.05) is 23.8 Å². The zero-order valence-corrected chi connectivity index (χ0v) is 11.5. The number of hydrogen-bond donors (Lipinski definition) is 2. The van der Waals surface area contributed by atoms with E-state index in [1.165, 1.54) is 0 Å². The quantitative estimate of drug-likeness (QED) is 0.829. The Morgan fingerprint density at radius 3 is 2.79 bits per heavy atom. The van der Waals surface area contributed by atoms with Gasteiger partial charge >= 0.3 is 6.03 Å². The van der Waals surface area contributed by atoms with Crippen molar-refractivity contribution in [2.75, 3.05) is 31.5 Å². The Bertz CT molecular complexity index is 462. The molecule has 2 aliphatic heterocycles. The van der Waals surface area contributed by atoms with Crippen molar-refractivity contribution in [2.24, 2.45) is 11.8 Å². The van der Waals surface area contributed by atoms with Crippen LogP contribution in [-0.4, -0.2) is 37.1 Å². The number of rotatable bonds is 1. The lowest BCUT2D eigenvalue weighted by molar-refractivity contribution is 0.161. The summed E-state index contributed by atoms with van der Waals surface area (Å²) in [4.78, 5) is 14.1. The lowest BCUT2D eigenvalue weighted by Gasteiger charge is -2.34. The van der Waals surface area contributed by atoms with Crippen LogP contribution in [-0.2, 0) is 0 Å². The summed E-state index contributed by atoms with van der Waals surface area (Å²) in [7, 11) is 0. The van der Waals surface area contributed by atoms with E-state index in [0.29, 0.717) is 10.9 Å². The van der Waals surface area contributed by atoms with Crippen LogP contribution in [0.25, 0.3) is 0 Å². The first-order valence-corrected chi connectivity index (χ1v) is 7.12. The minimum Gasteiger partial charge on any atom is -0.324 e. The molecule has 1 aromatic rings. The van der Waals surface area contributed by atoms with E-state index in [-0.39, 0.29) is 6.03 Å². The molecule has 0 saturated carbocycles. The average molecular weight is 280 g/mol. The maximum atomic E-state index is 12.2. The molecule has 0 spiro atoms. The molecule has 2 heterocycles. The van der Waals surface area contributed by atoms with E-state index in [1.54, 1.807) is 12.1 Å². The third kappa shape index (κ3) is 2.85. The minimum absolute atomic E-state index is 0.00678. The number of nitrogens with zero attached hydrogens (tertiary/aromatic N) is 1. The Balaban J connectivity index is 1.59. The number of likely N-dealkylation sites (tertiary alicyclic amines) is 1. The zero-order valence-electron chi connectivity index (χ0n) is 10.7. The van der Waals surface area contributed by atoms with E-state index in [2.05, 4.69) is 10.6 Å². The number of nitrogens with one attached hydrogen (secondary N) is 2. The van der Waals surface area contributed by atoms with Crippen molar-refractivity contribution in [1.82, 2.24) is 10.2 Å². The Labute approximate surface area is 118 Å². The molecule has 2 fully saturated rings. The van der Waals surface area contributed by atoms with E-state index in [9.17, 15) is 4.79 Å². The second-order valence-electron chi connectivity index (χ2n) is 5.35. The Kier molecular flexibility index (Phi) is 3.62. The summed E-state index contributed by atoms with van der Waals surface area (Å²) in [5.41, 5.74) is 0.793. The highest BCUT2D eigenvalue weighted by Gasteiger charge is 2.34. The molecule has 5 heteroatoms. The van der Waals surface area contributed by atoms with Crippen molar-refractivity contribution >= 4 is 23.3 Å². The molecular weight excluding hydrogens is 262 g/mol. The number of carbonyl (C=O) groups excluding carboxylic acids is 1. The highest BCUT2D eigenvalue weighted by atomic mass is 35.5. The molecule has 2 N–H and O–H groups in total. The van der Waals surface area contributed by atoms with Gasteiger partial charge in [0.2, 0.25) is 0 Å². The fourth-order valence-corrected chi connectivity index (χ4v) is 3.08. The second-order valence-corrected chi connectivity index (χ2v) is 5.79. The second kappa shape index (κ2) is 5.39. The van der Waals surface area contributed by atoms with Gasteiger partial charge in [-0.2, -0.15) is 0 Å². The van der Waals surface area contributed by atoms with Crippen LogP contribution >= 0.6 is 11.6 Å². The monoisotopic (exact) mass is 279 g/mol. The molecular formula is C14H18ClN3O. The number of halogens is 1.